The first-order chi connectivity index (χ1) is 11.6. The van der Waals surface area contributed by atoms with Gasteiger partial charge in [0, 0.05) is 36.1 Å². The Labute approximate surface area is 146 Å². The normalized spacial score (nSPS) is 11.5. The number of fused-ring (bicyclic) bond motifs is 1. The van der Waals surface area contributed by atoms with Crippen LogP contribution in [0.15, 0.2) is 35.0 Å². The predicted molar refractivity (Wildman–Crippen MR) is 93.3 cm³/mol. The lowest BCUT2D eigenvalue weighted by atomic mass is 10.1. The lowest BCUT2D eigenvalue weighted by Crippen LogP contribution is -2.04. The molecule has 0 aliphatic rings. The van der Waals surface area contributed by atoms with E-state index in [2.05, 4.69) is 15.1 Å². The van der Waals surface area contributed by atoms with Crippen molar-refractivity contribution in [2.75, 3.05) is 6.61 Å². The molecular weight excluding hydrogens is 326 g/mol. The number of pyridine rings is 1. The minimum absolute atomic E-state index is 0.244. The number of aryl methyl sites for hydroxylation is 1. The summed E-state index contributed by atoms with van der Waals surface area (Å²) in [5, 5.41) is 5.70. The van der Waals surface area contributed by atoms with Gasteiger partial charge in [-0.25, -0.2) is 0 Å². The van der Waals surface area contributed by atoms with Crippen molar-refractivity contribution in [2.45, 2.75) is 39.2 Å². The number of hydrogen-bond donors (Lipinski definition) is 0. The van der Waals surface area contributed by atoms with Crippen molar-refractivity contribution in [3.05, 3.63) is 52.8 Å². The largest absolute Gasteiger partial charge is 0.379 e. The first-order valence-electron chi connectivity index (χ1n) is 8.08. The van der Waals surface area contributed by atoms with E-state index in [9.17, 15) is 0 Å². The number of rotatable bonds is 7. The molecule has 0 saturated carbocycles. The summed E-state index contributed by atoms with van der Waals surface area (Å²) in [4.78, 5) is 8.89. The Kier molecular flexibility index (Phi) is 5.43. The maximum Gasteiger partial charge on any atom is 0.226 e. The van der Waals surface area contributed by atoms with Gasteiger partial charge in [-0.3, -0.25) is 4.98 Å². The van der Waals surface area contributed by atoms with Crippen LogP contribution < -0.4 is 0 Å². The van der Waals surface area contributed by atoms with Crippen LogP contribution in [0, 0.1) is 0 Å². The van der Waals surface area contributed by atoms with Gasteiger partial charge in [0.05, 0.1) is 11.6 Å². The molecule has 0 aliphatic carbocycles. The van der Waals surface area contributed by atoms with Crippen LogP contribution >= 0.6 is 11.6 Å². The van der Waals surface area contributed by atoms with E-state index in [1.54, 1.807) is 6.20 Å². The van der Waals surface area contributed by atoms with E-state index in [4.69, 9.17) is 20.9 Å². The van der Waals surface area contributed by atoms with E-state index in [0.29, 0.717) is 29.8 Å². The Hall–Kier alpha value is -1.98. The maximum absolute atomic E-state index is 6.23. The van der Waals surface area contributed by atoms with Crippen LogP contribution in [0.2, 0.25) is 5.02 Å². The van der Waals surface area contributed by atoms with E-state index in [-0.39, 0.29) is 6.10 Å². The fraction of sp³-hybridized carbons (Fsp3) is 0.389. The fourth-order valence-electron chi connectivity index (χ4n) is 2.52. The predicted octanol–water partition coefficient (Wildman–Crippen LogP) is 4.22. The van der Waals surface area contributed by atoms with Gasteiger partial charge in [0.25, 0.3) is 0 Å². The summed E-state index contributed by atoms with van der Waals surface area (Å²) in [6.45, 7) is 4.74. The molecule has 0 amide bonds. The Morgan fingerprint density at radius 3 is 2.96 bits per heavy atom. The molecule has 0 unspecified atom stereocenters. The molecule has 3 aromatic rings. The molecule has 0 aliphatic heterocycles. The molecule has 1 aromatic carbocycles. The summed E-state index contributed by atoms with van der Waals surface area (Å²) in [7, 11) is 0. The summed E-state index contributed by atoms with van der Waals surface area (Å²) in [6, 6.07) is 7.68. The van der Waals surface area contributed by atoms with Crippen molar-refractivity contribution in [2.24, 2.45) is 0 Å². The summed E-state index contributed by atoms with van der Waals surface area (Å²) >= 11 is 6.23. The fourth-order valence-corrected chi connectivity index (χ4v) is 2.73. The summed E-state index contributed by atoms with van der Waals surface area (Å²) in [5.41, 5.74) is 1.91. The van der Waals surface area contributed by atoms with Crippen LogP contribution in [0.5, 0.6) is 0 Å². The molecule has 24 heavy (non-hydrogen) atoms. The third kappa shape index (κ3) is 4.10. The molecule has 2 heterocycles. The van der Waals surface area contributed by atoms with Crippen molar-refractivity contribution in [3.8, 4) is 0 Å². The minimum atomic E-state index is 0.244. The lowest BCUT2D eigenvalue weighted by molar-refractivity contribution is 0.0761. The molecule has 6 heteroatoms. The van der Waals surface area contributed by atoms with Crippen molar-refractivity contribution in [1.82, 2.24) is 15.1 Å². The van der Waals surface area contributed by atoms with Gasteiger partial charge in [0.2, 0.25) is 5.89 Å². The molecule has 0 saturated heterocycles. The zero-order chi connectivity index (χ0) is 16.9. The molecule has 0 bridgehead atoms. The van der Waals surface area contributed by atoms with Crippen LogP contribution in [0.4, 0.5) is 0 Å². The lowest BCUT2D eigenvalue weighted by Gasteiger charge is -2.05. The molecule has 0 atom stereocenters. The van der Waals surface area contributed by atoms with Crippen LogP contribution in [0.3, 0.4) is 0 Å². The van der Waals surface area contributed by atoms with E-state index >= 15 is 0 Å². The highest BCUT2D eigenvalue weighted by Crippen LogP contribution is 2.25. The SMILES string of the molecule is CC(C)OCCCc1nc(Cc2ccc(Cl)c3cccnc23)no1. The van der Waals surface area contributed by atoms with Gasteiger partial charge in [-0.15, -0.1) is 0 Å². The van der Waals surface area contributed by atoms with E-state index < -0.39 is 0 Å². The highest BCUT2D eigenvalue weighted by atomic mass is 35.5. The quantitative estimate of drug-likeness (QED) is 0.600. The molecule has 0 spiro atoms. The van der Waals surface area contributed by atoms with Gasteiger partial charge < -0.3 is 9.26 Å². The zero-order valence-corrected chi connectivity index (χ0v) is 14.6. The smallest absolute Gasteiger partial charge is 0.226 e. The molecule has 3 rings (SSSR count). The summed E-state index contributed by atoms with van der Waals surface area (Å²) in [5.74, 6) is 1.30. The van der Waals surface area contributed by atoms with E-state index in [1.165, 1.54) is 0 Å². The average Bonchev–Trinajstić information content (AvgIpc) is 3.02. The van der Waals surface area contributed by atoms with Crippen molar-refractivity contribution in [1.29, 1.82) is 0 Å². The topological polar surface area (TPSA) is 61.0 Å². The Balaban J connectivity index is 1.68. The third-order valence-electron chi connectivity index (χ3n) is 3.64. The number of ether oxygens (including phenoxy) is 1. The Bertz CT molecular complexity index is 817. The van der Waals surface area contributed by atoms with Gasteiger partial charge in [-0.05, 0) is 44.0 Å². The van der Waals surface area contributed by atoms with E-state index in [1.807, 2.05) is 38.1 Å². The monoisotopic (exact) mass is 345 g/mol. The van der Waals surface area contributed by atoms with Gasteiger partial charge in [-0.1, -0.05) is 22.8 Å². The Morgan fingerprint density at radius 1 is 1.25 bits per heavy atom. The molecule has 5 nitrogen and oxygen atoms in total. The van der Waals surface area contributed by atoms with Gasteiger partial charge >= 0.3 is 0 Å². The molecule has 126 valence electrons. The minimum Gasteiger partial charge on any atom is -0.379 e. The molecule has 0 N–H and O–H groups in total. The second kappa shape index (κ2) is 7.73. The standard InChI is InChI=1S/C18H20ClN3O2/c1-12(2)23-10-4-6-17-21-16(22-24-17)11-13-7-8-15(19)14-5-3-9-20-18(13)14/h3,5,7-9,12H,4,6,10-11H2,1-2H3. The van der Waals surface area contributed by atoms with Crippen LogP contribution in [0.25, 0.3) is 10.9 Å². The summed E-state index contributed by atoms with van der Waals surface area (Å²) < 4.78 is 10.8. The van der Waals surface area contributed by atoms with Gasteiger partial charge in [0.15, 0.2) is 5.82 Å². The van der Waals surface area contributed by atoms with Gasteiger partial charge in [-0.2, -0.15) is 4.98 Å². The van der Waals surface area contributed by atoms with Crippen molar-refractivity contribution >= 4 is 22.5 Å². The second-order valence-electron chi connectivity index (χ2n) is 5.91. The first kappa shape index (κ1) is 16.9. The van der Waals surface area contributed by atoms with Gasteiger partial charge in [0.1, 0.15) is 0 Å². The second-order valence-corrected chi connectivity index (χ2v) is 6.32. The molecular formula is C18H20ClN3O2. The van der Waals surface area contributed by atoms with Crippen LogP contribution in [-0.2, 0) is 17.6 Å². The number of hydrogen-bond acceptors (Lipinski definition) is 5. The number of halogens is 1. The number of aromatic nitrogens is 3. The molecule has 0 radical (unpaired) electrons. The molecule has 0 fully saturated rings. The van der Waals surface area contributed by atoms with Crippen LogP contribution in [0.1, 0.15) is 37.5 Å². The average molecular weight is 346 g/mol. The Morgan fingerprint density at radius 2 is 2.12 bits per heavy atom. The van der Waals surface area contributed by atoms with Crippen LogP contribution in [-0.4, -0.2) is 27.8 Å². The first-order valence-corrected chi connectivity index (χ1v) is 8.46. The molecule has 2 aromatic heterocycles. The highest BCUT2D eigenvalue weighted by Gasteiger charge is 2.11. The van der Waals surface area contributed by atoms with Crippen molar-refractivity contribution < 1.29 is 9.26 Å². The van der Waals surface area contributed by atoms with Crippen molar-refractivity contribution in [3.63, 3.8) is 0 Å². The summed E-state index contributed by atoms with van der Waals surface area (Å²) in [6.07, 6.45) is 4.16. The number of nitrogens with zero attached hydrogens (tertiary/aromatic N) is 3. The zero-order valence-electron chi connectivity index (χ0n) is 13.8. The number of benzene rings is 1. The maximum atomic E-state index is 6.23. The highest BCUT2D eigenvalue weighted by molar-refractivity contribution is 6.35. The third-order valence-corrected chi connectivity index (χ3v) is 3.97. The van der Waals surface area contributed by atoms with E-state index in [0.717, 1.165) is 29.3 Å².